The second-order valence-corrected chi connectivity index (χ2v) is 8.22. The molecule has 0 radical (unpaired) electrons. The normalized spacial score (nSPS) is 16.5. The van der Waals surface area contributed by atoms with Crippen molar-refractivity contribution in [2.24, 2.45) is 0 Å². The number of rotatable bonds is 5. The smallest absolute Gasteiger partial charge is 0.346 e. The Labute approximate surface area is 165 Å². The van der Waals surface area contributed by atoms with Gasteiger partial charge in [0.2, 0.25) is 11.0 Å². The van der Waals surface area contributed by atoms with Crippen LogP contribution in [0.15, 0.2) is 11.1 Å². The van der Waals surface area contributed by atoms with Crippen molar-refractivity contribution in [3.63, 3.8) is 0 Å². The first kappa shape index (κ1) is 18.7. The lowest BCUT2D eigenvalue weighted by Gasteiger charge is -2.05. The molecule has 146 valence electrons. The number of hydrogen-bond donors (Lipinski definition) is 2. The number of aryl methyl sites for hydroxylation is 1. The summed E-state index contributed by atoms with van der Waals surface area (Å²) in [5.41, 5.74) is -0.108. The summed E-state index contributed by atoms with van der Waals surface area (Å²) in [5, 5.41) is 21.1. The van der Waals surface area contributed by atoms with Crippen LogP contribution in [0.3, 0.4) is 0 Å². The minimum absolute atomic E-state index is 0.0670. The third kappa shape index (κ3) is 3.41. The Morgan fingerprint density at radius 3 is 2.93 bits per heavy atom. The van der Waals surface area contributed by atoms with Gasteiger partial charge in [0.05, 0.1) is 11.7 Å². The summed E-state index contributed by atoms with van der Waals surface area (Å²) in [6, 6.07) is 0. The Balaban J connectivity index is 1.52. The van der Waals surface area contributed by atoms with Gasteiger partial charge in [0.25, 0.3) is 5.56 Å². The fraction of sp³-hybridized carbons (Fsp3) is 0.375. The lowest BCUT2D eigenvalue weighted by Crippen LogP contribution is -2.27. The van der Waals surface area contributed by atoms with Gasteiger partial charge in [-0.25, -0.2) is 9.78 Å². The van der Waals surface area contributed by atoms with E-state index in [4.69, 9.17) is 4.74 Å². The molecule has 3 aromatic heterocycles. The van der Waals surface area contributed by atoms with Gasteiger partial charge >= 0.3 is 5.97 Å². The van der Waals surface area contributed by atoms with E-state index in [9.17, 15) is 19.5 Å². The lowest BCUT2D eigenvalue weighted by atomic mass is 10.2. The van der Waals surface area contributed by atoms with Crippen LogP contribution in [0.4, 0.5) is 5.13 Å². The molecule has 10 nitrogen and oxygen atoms in total. The molecule has 12 heteroatoms. The number of nitrogens with zero attached hydrogens (tertiary/aromatic N) is 4. The van der Waals surface area contributed by atoms with Gasteiger partial charge in [0.15, 0.2) is 0 Å². The summed E-state index contributed by atoms with van der Waals surface area (Å²) in [4.78, 5) is 40.8. The van der Waals surface area contributed by atoms with E-state index < -0.39 is 17.4 Å². The number of carboxylic acids is 1. The molecule has 0 aromatic carbocycles. The fourth-order valence-electron chi connectivity index (χ4n) is 2.98. The Hall–Kier alpha value is -2.70. The molecule has 1 aliphatic rings. The highest BCUT2D eigenvalue weighted by atomic mass is 32.1. The van der Waals surface area contributed by atoms with E-state index in [1.165, 1.54) is 17.7 Å². The molecule has 1 amide bonds. The maximum atomic E-state index is 12.7. The zero-order valence-corrected chi connectivity index (χ0v) is 16.3. The molecule has 3 aromatic rings. The van der Waals surface area contributed by atoms with Gasteiger partial charge in [-0.3, -0.25) is 19.5 Å². The van der Waals surface area contributed by atoms with Gasteiger partial charge in [-0.05, 0) is 25.3 Å². The third-order valence-electron chi connectivity index (χ3n) is 4.32. The van der Waals surface area contributed by atoms with Crippen LogP contribution in [0.25, 0.3) is 10.2 Å². The molecule has 1 unspecified atom stereocenters. The number of fused-ring (bicyclic) bond motifs is 1. The number of nitrogens with one attached hydrogen (secondary N) is 1. The first-order valence-corrected chi connectivity index (χ1v) is 10.0. The fourth-order valence-corrected chi connectivity index (χ4v) is 4.80. The monoisotopic (exact) mass is 421 g/mol. The first-order valence-electron chi connectivity index (χ1n) is 8.40. The molecular formula is C16H15N5O5S2. The Bertz CT molecular complexity index is 1130. The number of aromatic nitrogens is 4. The van der Waals surface area contributed by atoms with E-state index in [1.807, 2.05) is 0 Å². The van der Waals surface area contributed by atoms with Crippen molar-refractivity contribution in [3.8, 4) is 0 Å². The molecule has 0 spiro atoms. The lowest BCUT2D eigenvalue weighted by molar-refractivity contribution is -0.116. The second-order valence-electron chi connectivity index (χ2n) is 6.21. The minimum atomic E-state index is -1.11. The van der Waals surface area contributed by atoms with Crippen molar-refractivity contribution in [2.75, 3.05) is 11.9 Å². The second kappa shape index (κ2) is 7.37. The zero-order valence-electron chi connectivity index (χ0n) is 14.7. The van der Waals surface area contributed by atoms with E-state index in [1.54, 1.807) is 6.92 Å². The van der Waals surface area contributed by atoms with Crippen molar-refractivity contribution in [3.05, 3.63) is 32.1 Å². The van der Waals surface area contributed by atoms with Crippen molar-refractivity contribution < 1.29 is 19.4 Å². The van der Waals surface area contributed by atoms with Crippen molar-refractivity contribution in [1.82, 2.24) is 19.7 Å². The molecule has 1 aliphatic heterocycles. The van der Waals surface area contributed by atoms with Gasteiger partial charge in [-0.15, -0.1) is 21.5 Å². The molecule has 2 N–H and O–H groups in total. The van der Waals surface area contributed by atoms with Crippen LogP contribution in [0, 0.1) is 6.92 Å². The highest BCUT2D eigenvalue weighted by Gasteiger charge is 2.23. The minimum Gasteiger partial charge on any atom is -0.477 e. The topological polar surface area (TPSA) is 136 Å². The van der Waals surface area contributed by atoms with Crippen LogP contribution in [-0.2, 0) is 16.1 Å². The molecular weight excluding hydrogens is 406 g/mol. The molecule has 0 saturated carbocycles. The third-order valence-corrected chi connectivity index (χ3v) is 6.44. The predicted octanol–water partition coefficient (Wildman–Crippen LogP) is 1.81. The highest BCUT2D eigenvalue weighted by Crippen LogP contribution is 2.32. The Morgan fingerprint density at radius 1 is 1.39 bits per heavy atom. The number of carbonyl (C=O) groups is 2. The van der Waals surface area contributed by atoms with Crippen LogP contribution < -0.4 is 10.9 Å². The average molecular weight is 421 g/mol. The molecule has 4 rings (SSSR count). The maximum Gasteiger partial charge on any atom is 0.346 e. The summed E-state index contributed by atoms with van der Waals surface area (Å²) in [5.74, 6) is -1.56. The van der Waals surface area contributed by atoms with Crippen molar-refractivity contribution in [2.45, 2.75) is 32.4 Å². The average Bonchev–Trinajstić information content (AvgIpc) is 3.37. The molecule has 4 heterocycles. The Morgan fingerprint density at radius 2 is 2.21 bits per heavy atom. The van der Waals surface area contributed by atoms with Crippen LogP contribution in [0.5, 0.6) is 0 Å². The zero-order chi connectivity index (χ0) is 19.8. The van der Waals surface area contributed by atoms with E-state index in [2.05, 4.69) is 20.5 Å². The number of ether oxygens (including phenoxy) is 1. The number of carboxylic acid groups (broad SMARTS) is 1. The maximum absolute atomic E-state index is 12.7. The number of amides is 1. The van der Waals surface area contributed by atoms with Gasteiger partial charge in [-0.1, -0.05) is 11.3 Å². The summed E-state index contributed by atoms with van der Waals surface area (Å²) >= 11 is 2.18. The molecule has 1 saturated heterocycles. The Kier molecular flexibility index (Phi) is 4.91. The van der Waals surface area contributed by atoms with Crippen molar-refractivity contribution in [1.29, 1.82) is 0 Å². The summed E-state index contributed by atoms with van der Waals surface area (Å²) in [7, 11) is 0. The number of hydrogen-bond acceptors (Lipinski definition) is 9. The number of anilines is 1. The predicted molar refractivity (Wildman–Crippen MR) is 102 cm³/mol. The quantitative estimate of drug-likeness (QED) is 0.636. The standard InChI is InChI=1S/C16H15N5O5S2/c1-7-10-13(27-11(7)15(24)25)17-6-21(14(10)23)5-9(22)18-16-20-19-12(28-16)8-3-2-4-26-8/h6,8H,2-5H2,1H3,(H,24,25)(H,18,20,22). The van der Waals surface area contributed by atoms with Crippen LogP contribution >= 0.6 is 22.7 Å². The largest absolute Gasteiger partial charge is 0.477 e. The van der Waals surface area contributed by atoms with Crippen molar-refractivity contribution >= 4 is 49.9 Å². The highest BCUT2D eigenvalue weighted by molar-refractivity contribution is 7.20. The van der Waals surface area contributed by atoms with Crippen LogP contribution in [-0.4, -0.2) is 43.3 Å². The SMILES string of the molecule is Cc1c(C(=O)O)sc2ncn(CC(=O)Nc3nnc(C4CCCO4)s3)c(=O)c12. The van der Waals surface area contributed by atoms with E-state index in [0.717, 1.165) is 28.7 Å². The molecule has 0 bridgehead atoms. The number of aromatic carboxylic acids is 1. The van der Waals surface area contributed by atoms with Crippen LogP contribution in [0.2, 0.25) is 0 Å². The van der Waals surface area contributed by atoms with Gasteiger partial charge < -0.3 is 9.84 Å². The van der Waals surface area contributed by atoms with Gasteiger partial charge in [0, 0.05) is 6.61 Å². The van der Waals surface area contributed by atoms with Gasteiger partial charge in [0.1, 0.15) is 27.4 Å². The van der Waals surface area contributed by atoms with Gasteiger partial charge in [-0.2, -0.15) is 0 Å². The summed E-state index contributed by atoms with van der Waals surface area (Å²) in [6.45, 7) is 1.98. The molecule has 0 aliphatic carbocycles. The van der Waals surface area contributed by atoms with E-state index >= 15 is 0 Å². The molecule has 1 atom stereocenters. The summed E-state index contributed by atoms with van der Waals surface area (Å²) < 4.78 is 6.68. The van der Waals surface area contributed by atoms with E-state index in [-0.39, 0.29) is 22.9 Å². The summed E-state index contributed by atoms with van der Waals surface area (Å²) in [6.07, 6.45) is 3.00. The number of carbonyl (C=O) groups excluding carboxylic acids is 1. The first-order chi connectivity index (χ1) is 13.4. The molecule has 1 fully saturated rings. The van der Waals surface area contributed by atoms with Crippen LogP contribution in [0.1, 0.15) is 39.2 Å². The molecule has 28 heavy (non-hydrogen) atoms. The van der Waals surface area contributed by atoms with E-state index in [0.29, 0.717) is 27.1 Å². The number of thiophene rings is 1.